The van der Waals surface area contributed by atoms with Crippen LogP contribution in [0.3, 0.4) is 0 Å². The van der Waals surface area contributed by atoms with E-state index in [9.17, 15) is 0 Å². The highest BCUT2D eigenvalue weighted by molar-refractivity contribution is 7.60. The molecule has 11 heterocycles. The van der Waals surface area contributed by atoms with Crippen molar-refractivity contribution in [3.63, 3.8) is 0 Å². The highest BCUT2D eigenvalue weighted by atomic mass is 32.1. The first-order chi connectivity index (χ1) is 60.1. The molecule has 0 spiro atoms. The number of rotatable bonds is 17. The number of nitrogens with zero attached hydrogens (tertiary/aromatic N) is 16. The molecule has 0 amide bonds. The number of nitrogens with one attached hydrogen (secondary N) is 6. The Morgan fingerprint density at radius 3 is 1.09 bits per heavy atom. The molecule has 10 aromatic heterocycles. The molecule has 0 bridgehead atoms. The van der Waals surface area contributed by atoms with E-state index >= 15 is 0 Å². The summed E-state index contributed by atoms with van der Waals surface area (Å²) in [5, 5.41) is 48.4. The van der Waals surface area contributed by atoms with Crippen molar-refractivity contribution >= 4 is 231 Å². The largest absolute Gasteiger partial charge is 0.497 e. The summed E-state index contributed by atoms with van der Waals surface area (Å²) < 4.78 is 20.1. The van der Waals surface area contributed by atoms with Gasteiger partial charge in [-0.2, -0.15) is 183 Å². The number of methoxy groups -OCH3 is 1. The Kier molecular flexibility index (Phi) is 41.3. The molecular formula is C94H129N27O2S10. The Bertz CT molecular complexity index is 6380. The first kappa shape index (κ1) is 109. The van der Waals surface area contributed by atoms with E-state index in [1.807, 2.05) is 71.1 Å². The molecule has 22 rings (SSSR count). The molecule has 712 valence electrons. The average molecular weight is 1990 g/mol. The lowest BCUT2D eigenvalue weighted by atomic mass is 10.0. The third-order valence-electron chi connectivity index (χ3n) is 24.2. The lowest BCUT2D eigenvalue weighted by Crippen LogP contribution is -2.37. The zero-order valence-electron chi connectivity index (χ0n) is 74.9. The van der Waals surface area contributed by atoms with Gasteiger partial charge in [-0.15, -0.1) is 0 Å². The van der Waals surface area contributed by atoms with E-state index in [1.54, 1.807) is 38.1 Å². The van der Waals surface area contributed by atoms with Crippen molar-refractivity contribution in [2.75, 3.05) is 70.2 Å². The topological polar surface area (TPSA) is 375 Å². The minimum Gasteiger partial charge on any atom is -0.497 e. The lowest BCUT2D eigenvalue weighted by molar-refractivity contribution is 0.122. The molecule has 6 aliphatic rings. The average Bonchev–Trinajstić information content (AvgIpc) is 1.62. The highest BCUT2D eigenvalue weighted by Gasteiger charge is 2.29. The van der Waals surface area contributed by atoms with Crippen LogP contribution in [0.2, 0.25) is 0 Å². The second kappa shape index (κ2) is 50.4. The Balaban J connectivity index is 0.000000201. The molecule has 0 unspecified atom stereocenters. The lowest BCUT2D eigenvalue weighted by Gasteiger charge is -2.28. The minimum absolute atomic E-state index is 0. The molecule has 10 atom stereocenters. The zero-order valence-corrected chi connectivity index (χ0v) is 84.9. The summed E-state index contributed by atoms with van der Waals surface area (Å²) in [5.41, 5.74) is 43.9. The standard InChI is InChI=1S/C21H22N6.C21H21N5.C19H23N5O.C18H21N5.C15H22N6O.10H2S/c22-16-6-8-18(12-16)25-21-13-19(26-20-9-10-23-27(20)21)24-17-7-5-14-3-1-2-4-15(14)11-17;22-17-7-8-18(12-17)24-21-13-19(25-20-9-10-23-26(20)21)16-6-5-14-3-1-2-4-15(14)11-16;1-12-7-13(9-16(8-12)25-2)17-11-19(22-15-4-3-14(20)10-15)24-18(23-17)5-6-21-24;1-12-3-2-4-13(9-12)16-11-18(21-15-6-5-14(19)10-15)23-17(22-16)7-8-20-23;16-11-1-2-12(9-11)18-15-10-14(20-5-7-22-8-6-20)19-13-3-4-17-21(13)15;;;;;;;;;;/h1-5,7,9-11,13,16,18,25H,6,8,12,22H2,(H,24,26);1-6,9-11,13,17-18,24H,7-8,12,22H2;5-9,11,14-15,22H,3-4,10,20H2,1-2H3;2-4,7-9,11,14-15,21H,5-6,10,19H2,1H3;3-4,10-12,18H,1-2,5-9,16H2;10*1H2/t16-,18-;17-,18-;2*14-,15-;11-,12-;;;;;;;;;;/m00000........../s1. The highest BCUT2D eigenvalue weighted by Crippen LogP contribution is 2.35. The number of nitrogens with two attached hydrogens (primary N) is 5. The monoisotopic (exact) mass is 1990 g/mol. The molecule has 5 aliphatic carbocycles. The van der Waals surface area contributed by atoms with Crippen LogP contribution < -0.4 is 70.2 Å². The molecule has 6 fully saturated rings. The summed E-state index contributed by atoms with van der Waals surface area (Å²) in [7, 11) is 1.68. The van der Waals surface area contributed by atoms with Gasteiger partial charge in [0.1, 0.15) is 46.5 Å². The van der Waals surface area contributed by atoms with Crippen LogP contribution in [0, 0.1) is 13.8 Å². The van der Waals surface area contributed by atoms with Crippen molar-refractivity contribution < 1.29 is 9.47 Å². The predicted molar refractivity (Wildman–Crippen MR) is 595 cm³/mol. The summed E-state index contributed by atoms with van der Waals surface area (Å²) in [5.74, 6) is 7.45. The van der Waals surface area contributed by atoms with Gasteiger partial charge < -0.3 is 74.9 Å². The van der Waals surface area contributed by atoms with Crippen LogP contribution in [-0.4, -0.2) is 167 Å². The fraction of sp³-hybridized carbons (Fsp3) is 0.340. The van der Waals surface area contributed by atoms with E-state index in [0.717, 1.165) is 242 Å². The minimum atomic E-state index is 0. The number of fused-ring (bicyclic) bond motifs is 7. The number of morpholine rings is 1. The summed E-state index contributed by atoms with van der Waals surface area (Å²) in [4.78, 5) is 25.9. The van der Waals surface area contributed by atoms with Crippen LogP contribution in [0.4, 0.5) is 46.4 Å². The van der Waals surface area contributed by atoms with Gasteiger partial charge >= 0.3 is 0 Å². The van der Waals surface area contributed by atoms with Gasteiger partial charge in [0, 0.05) is 157 Å². The van der Waals surface area contributed by atoms with Gasteiger partial charge in [0.15, 0.2) is 28.2 Å². The molecule has 5 saturated carbocycles. The third kappa shape index (κ3) is 26.9. The van der Waals surface area contributed by atoms with Gasteiger partial charge in [0.2, 0.25) is 0 Å². The summed E-state index contributed by atoms with van der Waals surface area (Å²) in [6, 6.07) is 67.5. The number of hydrogen-bond acceptors (Lipinski definition) is 24. The molecule has 1 aliphatic heterocycles. The van der Waals surface area contributed by atoms with Gasteiger partial charge in [-0.3, -0.25) is 0 Å². The number of benzene rings is 6. The summed E-state index contributed by atoms with van der Waals surface area (Å²) in [6.45, 7) is 7.43. The van der Waals surface area contributed by atoms with Gasteiger partial charge in [-0.05, 0) is 180 Å². The molecule has 16 aromatic rings. The van der Waals surface area contributed by atoms with Crippen molar-refractivity contribution in [3.8, 4) is 39.5 Å². The molecule has 0 radical (unpaired) electrons. The van der Waals surface area contributed by atoms with E-state index in [1.165, 1.54) is 27.1 Å². The molecular weight excluding hydrogens is 1860 g/mol. The van der Waals surface area contributed by atoms with Crippen molar-refractivity contribution in [3.05, 3.63) is 230 Å². The molecule has 16 N–H and O–H groups in total. The molecule has 39 heteroatoms. The van der Waals surface area contributed by atoms with Crippen LogP contribution in [-0.2, 0) is 4.74 Å². The van der Waals surface area contributed by atoms with Gasteiger partial charge in [-0.25, -0.2) is 24.9 Å². The molecule has 6 aromatic carbocycles. The molecule has 1 saturated heterocycles. The van der Waals surface area contributed by atoms with E-state index in [2.05, 4.69) is 221 Å². The van der Waals surface area contributed by atoms with Crippen LogP contribution in [0.25, 0.3) is 83.6 Å². The molecule has 133 heavy (non-hydrogen) atoms. The second-order valence-electron chi connectivity index (χ2n) is 33.6. The quantitative estimate of drug-likeness (QED) is 0.0403. The van der Waals surface area contributed by atoms with Crippen molar-refractivity contribution in [1.29, 1.82) is 0 Å². The van der Waals surface area contributed by atoms with Gasteiger partial charge in [-0.1, -0.05) is 90.5 Å². The summed E-state index contributed by atoms with van der Waals surface area (Å²) >= 11 is 0. The normalized spacial score (nSPS) is 19.6. The number of aryl methyl sites for hydroxylation is 2. The van der Waals surface area contributed by atoms with Crippen molar-refractivity contribution in [1.82, 2.24) is 73.0 Å². The number of aromatic nitrogens is 15. The molecule has 29 nitrogen and oxygen atoms in total. The van der Waals surface area contributed by atoms with Crippen LogP contribution in [0.15, 0.2) is 219 Å². The van der Waals surface area contributed by atoms with Crippen LogP contribution >= 0.6 is 135 Å². The van der Waals surface area contributed by atoms with Crippen molar-refractivity contribution in [2.24, 2.45) is 28.7 Å². The Hall–Kier alpha value is -9.40. The third-order valence-corrected chi connectivity index (χ3v) is 24.2. The Morgan fingerprint density at radius 2 is 0.684 bits per heavy atom. The number of hydrogen-bond donors (Lipinski definition) is 11. The van der Waals surface area contributed by atoms with E-state index < -0.39 is 0 Å². The first-order valence-corrected chi connectivity index (χ1v) is 43.3. The van der Waals surface area contributed by atoms with Crippen LogP contribution in [0.1, 0.15) is 107 Å². The summed E-state index contributed by atoms with van der Waals surface area (Å²) in [6.07, 6.45) is 24.7. The predicted octanol–water partition coefficient (Wildman–Crippen LogP) is 15.7. The maximum absolute atomic E-state index is 6.07. The first-order valence-electron chi connectivity index (χ1n) is 43.3. The zero-order chi connectivity index (χ0) is 83.9. The Labute approximate surface area is 845 Å². The maximum atomic E-state index is 6.07. The van der Waals surface area contributed by atoms with Crippen LogP contribution in [0.5, 0.6) is 5.75 Å². The smallest absolute Gasteiger partial charge is 0.159 e. The van der Waals surface area contributed by atoms with E-state index in [4.69, 9.17) is 58.1 Å². The van der Waals surface area contributed by atoms with Gasteiger partial charge in [0.05, 0.1) is 68.4 Å². The van der Waals surface area contributed by atoms with E-state index in [0.29, 0.717) is 48.3 Å². The van der Waals surface area contributed by atoms with E-state index in [-0.39, 0.29) is 147 Å². The fourth-order valence-electron chi connectivity index (χ4n) is 17.9. The Morgan fingerprint density at radius 1 is 0.323 bits per heavy atom. The maximum Gasteiger partial charge on any atom is 0.159 e. The second-order valence-corrected chi connectivity index (χ2v) is 33.6. The SMILES string of the molecule is COc1cc(C)cc(-c2cc(N[C@H]3CC[C@H](N)C3)n3nccc3n2)c1.Cc1cccc(-c2cc(N[C@H]3CC[C@H](N)C3)n3nccc3n2)c1.N[C@H]1CC[C@H](Nc2cc(-c3ccc4ccccc4c3)nc3ccnn23)C1.N[C@H]1CC[C@H](Nc2cc(N3CCOCC3)nc3ccnn23)C1.N[C@H]1CC[C@H](Nc2cc(Nc3ccc4ccccc4c3)nc3ccnn23)C1.S.S.S.S.S.S.S.S.S.S. The van der Waals surface area contributed by atoms with Gasteiger partial charge in [0.25, 0.3) is 0 Å². The number of anilines is 8. The fourth-order valence-corrected chi connectivity index (χ4v) is 17.9. The number of ether oxygens (including phenoxy) is 2. The van der Waals surface area contributed by atoms with Crippen molar-refractivity contribution in [2.45, 2.75) is 171 Å².